The Morgan fingerprint density at radius 3 is 2.71 bits per heavy atom. The molecule has 0 aliphatic carbocycles. The second kappa shape index (κ2) is 6.65. The highest BCUT2D eigenvalue weighted by molar-refractivity contribution is 7.15. The van der Waals surface area contributed by atoms with E-state index in [0.29, 0.717) is 27.4 Å². The zero-order valence-corrected chi connectivity index (χ0v) is 16.7. The van der Waals surface area contributed by atoms with Gasteiger partial charge in [-0.1, -0.05) is 48.9 Å². The molecule has 0 fully saturated rings. The number of carbonyl (C=O) groups is 1. The van der Waals surface area contributed by atoms with Crippen LogP contribution in [0.5, 0.6) is 0 Å². The quantitative estimate of drug-likeness (QED) is 0.521. The highest BCUT2D eigenvalue weighted by Gasteiger charge is 2.33. The van der Waals surface area contributed by atoms with Gasteiger partial charge in [-0.15, -0.1) is 16.4 Å². The number of thiazole rings is 1. The summed E-state index contributed by atoms with van der Waals surface area (Å²) in [6, 6.07) is 11.5. The number of anilines is 1. The average Bonchev–Trinajstić information content (AvgIpc) is 3.45. The van der Waals surface area contributed by atoms with E-state index in [1.807, 2.05) is 41.8 Å². The lowest BCUT2D eigenvalue weighted by molar-refractivity contribution is -0.113. The minimum absolute atomic E-state index is 0.116. The molecule has 1 aromatic carbocycles. The van der Waals surface area contributed by atoms with Crippen LogP contribution < -0.4 is 15.0 Å². The number of amides is 1. The van der Waals surface area contributed by atoms with E-state index in [9.17, 15) is 9.59 Å². The molecule has 0 unspecified atom stereocenters. The summed E-state index contributed by atoms with van der Waals surface area (Å²) in [5.41, 5.74) is 1.86. The summed E-state index contributed by atoms with van der Waals surface area (Å²) in [6.07, 6.45) is 1.91. The van der Waals surface area contributed by atoms with Gasteiger partial charge < -0.3 is 4.90 Å². The topological polar surface area (TPSA) is 67.6 Å². The van der Waals surface area contributed by atoms with Crippen LogP contribution in [-0.2, 0) is 4.79 Å². The summed E-state index contributed by atoms with van der Waals surface area (Å²) < 4.78 is 1.72. The van der Waals surface area contributed by atoms with Crippen molar-refractivity contribution in [1.82, 2.24) is 14.6 Å². The van der Waals surface area contributed by atoms with Gasteiger partial charge in [-0.25, -0.2) is 0 Å². The summed E-state index contributed by atoms with van der Waals surface area (Å²) in [5.74, 6) is 0.423. The maximum Gasteiger partial charge on any atom is 0.291 e. The standard InChI is InChI=1S/C20H16N4O2S2/c1-2-3-10-23-13-8-5-4-7-12(13)15(18(23)25)16-19(26)24-20(28-16)21-17(22-24)14-9-6-11-27-14/h4-9,11H,2-3,10H2,1H3. The number of aromatic nitrogens is 3. The van der Waals surface area contributed by atoms with E-state index in [-0.39, 0.29) is 11.5 Å². The predicted octanol–water partition coefficient (Wildman–Crippen LogP) is 2.94. The zero-order valence-electron chi connectivity index (χ0n) is 15.1. The van der Waals surface area contributed by atoms with Crippen molar-refractivity contribution < 1.29 is 4.79 Å². The highest BCUT2D eigenvalue weighted by Crippen LogP contribution is 2.35. The third-order valence-corrected chi connectivity index (χ3v) is 6.68. The molecule has 140 valence electrons. The molecule has 28 heavy (non-hydrogen) atoms. The van der Waals surface area contributed by atoms with Gasteiger partial charge >= 0.3 is 0 Å². The molecular weight excluding hydrogens is 392 g/mol. The molecule has 0 spiro atoms. The zero-order chi connectivity index (χ0) is 19.3. The molecule has 4 aromatic rings. The van der Waals surface area contributed by atoms with Crippen molar-refractivity contribution in [2.24, 2.45) is 0 Å². The smallest absolute Gasteiger partial charge is 0.291 e. The molecule has 0 atom stereocenters. The minimum atomic E-state index is -0.286. The highest BCUT2D eigenvalue weighted by atomic mass is 32.1. The van der Waals surface area contributed by atoms with Crippen LogP contribution in [0.3, 0.4) is 0 Å². The Hall–Kier alpha value is -2.84. The van der Waals surface area contributed by atoms with Gasteiger partial charge in [-0.2, -0.15) is 9.50 Å². The van der Waals surface area contributed by atoms with Gasteiger partial charge in [0.1, 0.15) is 4.53 Å². The first kappa shape index (κ1) is 17.3. The molecule has 0 bridgehead atoms. The number of hydrogen-bond acceptors (Lipinski definition) is 6. The van der Waals surface area contributed by atoms with Gasteiger partial charge in [0.25, 0.3) is 11.5 Å². The Bertz CT molecular complexity index is 1300. The van der Waals surface area contributed by atoms with E-state index in [2.05, 4.69) is 17.0 Å². The molecule has 6 nitrogen and oxygen atoms in total. The largest absolute Gasteiger partial charge is 0.308 e. The van der Waals surface area contributed by atoms with Crippen LogP contribution in [0.4, 0.5) is 5.69 Å². The van der Waals surface area contributed by atoms with E-state index in [1.54, 1.807) is 4.90 Å². The molecule has 4 heterocycles. The molecule has 5 rings (SSSR count). The lowest BCUT2D eigenvalue weighted by atomic mass is 10.1. The molecule has 0 N–H and O–H groups in total. The number of carbonyl (C=O) groups excluding carboxylic acids is 1. The summed E-state index contributed by atoms with van der Waals surface area (Å²) in [5, 5.41) is 6.32. The summed E-state index contributed by atoms with van der Waals surface area (Å²) in [4.78, 5) is 33.9. The Balaban J connectivity index is 1.71. The average molecular weight is 409 g/mol. The van der Waals surface area contributed by atoms with E-state index in [1.165, 1.54) is 27.2 Å². The van der Waals surface area contributed by atoms with Crippen LogP contribution in [0.2, 0.25) is 0 Å². The number of benzene rings is 1. The minimum Gasteiger partial charge on any atom is -0.308 e. The van der Waals surface area contributed by atoms with Gasteiger partial charge in [0, 0.05) is 12.1 Å². The number of nitrogens with zero attached hydrogens (tertiary/aromatic N) is 4. The normalized spacial score (nSPS) is 15.6. The lowest BCUT2D eigenvalue weighted by Gasteiger charge is -2.16. The van der Waals surface area contributed by atoms with Crippen LogP contribution >= 0.6 is 22.7 Å². The third-order valence-electron chi connectivity index (χ3n) is 4.78. The van der Waals surface area contributed by atoms with Gasteiger partial charge in [-0.05, 0) is 23.9 Å². The molecule has 0 radical (unpaired) electrons. The van der Waals surface area contributed by atoms with E-state index < -0.39 is 0 Å². The van der Waals surface area contributed by atoms with Crippen LogP contribution in [0.15, 0.2) is 46.6 Å². The van der Waals surface area contributed by atoms with E-state index in [4.69, 9.17) is 0 Å². The molecule has 8 heteroatoms. The number of fused-ring (bicyclic) bond motifs is 2. The third kappa shape index (κ3) is 2.52. The Labute approximate surface area is 168 Å². The van der Waals surface area contributed by atoms with Gasteiger partial charge in [0.15, 0.2) is 5.82 Å². The van der Waals surface area contributed by atoms with Gasteiger partial charge in [0.05, 0.1) is 16.1 Å². The summed E-state index contributed by atoms with van der Waals surface area (Å²) in [6.45, 7) is 2.74. The van der Waals surface area contributed by atoms with Crippen LogP contribution in [0.1, 0.15) is 25.3 Å². The SMILES string of the molecule is CCCCN1C(=O)C(=c2sc3nc(-c4cccs4)nn3c2=O)c2ccccc21. The van der Waals surface area contributed by atoms with E-state index >= 15 is 0 Å². The van der Waals surface area contributed by atoms with Crippen molar-refractivity contribution in [2.45, 2.75) is 19.8 Å². The molecule has 1 aliphatic heterocycles. The predicted molar refractivity (Wildman–Crippen MR) is 112 cm³/mol. The summed E-state index contributed by atoms with van der Waals surface area (Å²) >= 11 is 2.76. The first-order chi connectivity index (χ1) is 13.7. The van der Waals surface area contributed by atoms with Crippen LogP contribution in [0.25, 0.3) is 21.2 Å². The Morgan fingerprint density at radius 2 is 1.96 bits per heavy atom. The van der Waals surface area contributed by atoms with Gasteiger partial charge in [-0.3, -0.25) is 9.59 Å². The van der Waals surface area contributed by atoms with Crippen molar-refractivity contribution in [3.8, 4) is 10.7 Å². The van der Waals surface area contributed by atoms with Crippen molar-refractivity contribution in [3.63, 3.8) is 0 Å². The van der Waals surface area contributed by atoms with Crippen molar-refractivity contribution >= 4 is 44.8 Å². The van der Waals surface area contributed by atoms with Crippen LogP contribution in [0, 0.1) is 0 Å². The molecule has 0 saturated carbocycles. The molecule has 0 saturated heterocycles. The number of thiophene rings is 1. The fraction of sp³-hybridized carbons (Fsp3) is 0.200. The molecule has 3 aromatic heterocycles. The van der Waals surface area contributed by atoms with Gasteiger partial charge in [0.2, 0.25) is 4.96 Å². The second-order valence-electron chi connectivity index (χ2n) is 6.55. The second-order valence-corrected chi connectivity index (χ2v) is 8.47. The molecule has 1 amide bonds. The molecular formula is C20H16N4O2S2. The monoisotopic (exact) mass is 408 g/mol. The fourth-order valence-corrected chi connectivity index (χ4v) is 5.08. The maximum absolute atomic E-state index is 13.2. The van der Waals surface area contributed by atoms with Crippen molar-refractivity contribution in [3.05, 3.63) is 62.2 Å². The fourth-order valence-electron chi connectivity index (χ4n) is 3.43. The Kier molecular flexibility index (Phi) is 4.10. The van der Waals surface area contributed by atoms with Crippen LogP contribution in [-0.4, -0.2) is 27.0 Å². The van der Waals surface area contributed by atoms with E-state index in [0.717, 1.165) is 29.0 Å². The Morgan fingerprint density at radius 1 is 1.11 bits per heavy atom. The van der Waals surface area contributed by atoms with Crippen molar-refractivity contribution in [2.75, 3.05) is 11.4 Å². The summed E-state index contributed by atoms with van der Waals surface area (Å²) in [7, 11) is 0. The van der Waals surface area contributed by atoms with Crippen molar-refractivity contribution in [1.29, 1.82) is 0 Å². The number of para-hydroxylation sites is 1. The maximum atomic E-state index is 13.2. The number of rotatable bonds is 4. The molecule has 1 aliphatic rings. The first-order valence-corrected chi connectivity index (χ1v) is 10.8. The lowest BCUT2D eigenvalue weighted by Crippen LogP contribution is -2.33. The first-order valence-electron chi connectivity index (χ1n) is 9.08. The number of unbranched alkanes of at least 4 members (excludes halogenated alkanes) is 1. The number of hydrogen-bond donors (Lipinski definition) is 0.